The normalized spacial score (nSPS) is 11.1. The summed E-state index contributed by atoms with van der Waals surface area (Å²) in [7, 11) is 0. The third-order valence-electron chi connectivity index (χ3n) is 5.87. The van der Waals surface area contributed by atoms with Crippen molar-refractivity contribution in [3.63, 3.8) is 0 Å². The molecule has 4 rings (SSSR count). The minimum absolute atomic E-state index is 0.132. The Morgan fingerprint density at radius 3 is 2.23 bits per heavy atom. The Bertz CT molecular complexity index is 1560. The molecule has 208 valence electrons. The second-order valence-corrected chi connectivity index (χ2v) is 10.7. The van der Waals surface area contributed by atoms with Gasteiger partial charge in [-0.1, -0.05) is 18.2 Å². The zero-order valence-corrected chi connectivity index (χ0v) is 24.2. The van der Waals surface area contributed by atoms with Gasteiger partial charge in [0, 0.05) is 10.9 Å². The van der Waals surface area contributed by atoms with Gasteiger partial charge in [0.1, 0.15) is 15.6 Å². The summed E-state index contributed by atoms with van der Waals surface area (Å²) in [5.74, 6) is -0.902. The Balaban J connectivity index is 1.77. The highest BCUT2D eigenvalue weighted by molar-refractivity contribution is 7.18. The van der Waals surface area contributed by atoms with E-state index >= 15 is 0 Å². The first-order chi connectivity index (χ1) is 19.1. The average Bonchev–Trinajstić information content (AvgIpc) is 3.23. The van der Waals surface area contributed by atoms with Crippen LogP contribution in [0.1, 0.15) is 70.6 Å². The van der Waals surface area contributed by atoms with Gasteiger partial charge in [-0.3, -0.25) is 4.79 Å². The number of hydrogen-bond donors (Lipinski definition) is 1. The van der Waals surface area contributed by atoms with Gasteiger partial charge in [0.15, 0.2) is 0 Å². The van der Waals surface area contributed by atoms with Crippen LogP contribution >= 0.6 is 11.3 Å². The van der Waals surface area contributed by atoms with Gasteiger partial charge in [-0.25, -0.2) is 14.6 Å². The molecule has 1 N–H and O–H groups in total. The molecule has 9 heteroatoms. The predicted molar refractivity (Wildman–Crippen MR) is 156 cm³/mol. The number of amides is 1. The number of benzene rings is 2. The molecule has 2 aromatic heterocycles. The molecule has 0 atom stereocenters. The van der Waals surface area contributed by atoms with Gasteiger partial charge < -0.3 is 19.5 Å². The van der Waals surface area contributed by atoms with Gasteiger partial charge in [0.05, 0.1) is 41.2 Å². The highest BCUT2D eigenvalue weighted by Crippen LogP contribution is 2.36. The monoisotopic (exact) mass is 560 g/mol. The quantitative estimate of drug-likeness (QED) is 0.219. The maximum atomic E-state index is 13.8. The molecule has 40 heavy (non-hydrogen) atoms. The van der Waals surface area contributed by atoms with Crippen LogP contribution in [-0.2, 0) is 9.47 Å². The summed E-state index contributed by atoms with van der Waals surface area (Å²) in [6.45, 7) is 11.1. The van der Waals surface area contributed by atoms with E-state index in [1.54, 1.807) is 40.7 Å². The predicted octanol–water partition coefficient (Wildman–Crippen LogP) is 7.05. The van der Waals surface area contributed by atoms with Crippen molar-refractivity contribution in [1.82, 2.24) is 4.98 Å². The van der Waals surface area contributed by atoms with Crippen LogP contribution in [0.3, 0.4) is 0 Å². The number of esters is 2. The molecule has 0 radical (unpaired) electrons. The Kier molecular flexibility index (Phi) is 8.84. The summed E-state index contributed by atoms with van der Waals surface area (Å²) in [5.41, 5.74) is 2.96. The number of nitrogens with one attached hydrogen (secondary N) is 1. The van der Waals surface area contributed by atoms with E-state index in [-0.39, 0.29) is 27.6 Å². The van der Waals surface area contributed by atoms with Crippen LogP contribution in [0.4, 0.5) is 5.00 Å². The third kappa shape index (κ3) is 6.31. The van der Waals surface area contributed by atoms with Crippen molar-refractivity contribution in [1.29, 1.82) is 0 Å². The third-order valence-corrected chi connectivity index (χ3v) is 7.06. The van der Waals surface area contributed by atoms with Crippen LogP contribution in [0.5, 0.6) is 5.75 Å². The standard InChI is InChI=1S/C31H32N2O6S/c1-7-37-21-14-12-20(13-15-21)25-16-23(22-10-8-9-11-24(22)32-25)28(34)33-29-26(30(35)38-17(2)3)19(6)27(40-29)31(36)39-18(4)5/h8-18H,7H2,1-6H3,(H,33,34). The van der Waals surface area contributed by atoms with E-state index in [9.17, 15) is 14.4 Å². The molecule has 0 aliphatic rings. The SMILES string of the molecule is CCOc1ccc(-c2cc(C(=O)Nc3sc(C(=O)OC(C)C)c(C)c3C(=O)OC(C)C)c3ccccc3n2)cc1. The Hall–Kier alpha value is -4.24. The summed E-state index contributed by atoms with van der Waals surface area (Å²) >= 11 is 0.990. The molecule has 0 aliphatic heterocycles. The minimum Gasteiger partial charge on any atom is -0.494 e. The molecule has 8 nitrogen and oxygen atoms in total. The summed E-state index contributed by atoms with van der Waals surface area (Å²) in [5, 5.41) is 3.73. The fraction of sp³-hybridized carbons (Fsp3) is 0.290. The first-order valence-corrected chi connectivity index (χ1v) is 13.9. The molecule has 0 bridgehead atoms. The van der Waals surface area contributed by atoms with Crippen molar-refractivity contribution >= 4 is 45.1 Å². The van der Waals surface area contributed by atoms with E-state index in [1.165, 1.54) is 0 Å². The zero-order chi connectivity index (χ0) is 29.0. The lowest BCUT2D eigenvalue weighted by atomic mass is 10.0. The maximum Gasteiger partial charge on any atom is 0.348 e. The highest BCUT2D eigenvalue weighted by atomic mass is 32.1. The topological polar surface area (TPSA) is 104 Å². The number of anilines is 1. The van der Waals surface area contributed by atoms with Crippen molar-refractivity contribution in [2.24, 2.45) is 0 Å². The van der Waals surface area contributed by atoms with Crippen LogP contribution in [0.15, 0.2) is 54.6 Å². The van der Waals surface area contributed by atoms with Gasteiger partial charge in [0.2, 0.25) is 0 Å². The number of ether oxygens (including phenoxy) is 3. The average molecular weight is 561 g/mol. The zero-order valence-electron chi connectivity index (χ0n) is 23.4. The van der Waals surface area contributed by atoms with Crippen molar-refractivity contribution in [3.8, 4) is 17.0 Å². The van der Waals surface area contributed by atoms with Crippen LogP contribution in [0.25, 0.3) is 22.2 Å². The first kappa shape index (κ1) is 28.8. The molecule has 0 fully saturated rings. The van der Waals surface area contributed by atoms with Crippen molar-refractivity contribution < 1.29 is 28.6 Å². The Morgan fingerprint density at radius 1 is 0.925 bits per heavy atom. The number of thiophene rings is 1. The van der Waals surface area contributed by atoms with Crippen LogP contribution < -0.4 is 10.1 Å². The summed E-state index contributed by atoms with van der Waals surface area (Å²) < 4.78 is 16.4. The number of aromatic nitrogens is 1. The van der Waals surface area contributed by atoms with Crippen molar-refractivity contribution in [2.45, 2.75) is 53.8 Å². The molecular weight excluding hydrogens is 528 g/mol. The van der Waals surface area contributed by atoms with Gasteiger partial charge >= 0.3 is 11.9 Å². The molecule has 4 aromatic rings. The number of rotatable bonds is 9. The van der Waals surface area contributed by atoms with Gasteiger partial charge in [-0.05, 0) is 83.5 Å². The van der Waals surface area contributed by atoms with Crippen LogP contribution in [-0.4, -0.2) is 41.6 Å². The summed E-state index contributed by atoms with van der Waals surface area (Å²) in [4.78, 5) is 44.6. The molecule has 0 saturated heterocycles. The van der Waals surface area contributed by atoms with Gasteiger partial charge in [-0.15, -0.1) is 11.3 Å². The molecule has 2 aromatic carbocycles. The number of hydrogen-bond acceptors (Lipinski definition) is 8. The Morgan fingerprint density at radius 2 is 1.57 bits per heavy atom. The first-order valence-electron chi connectivity index (χ1n) is 13.1. The summed E-state index contributed by atoms with van der Waals surface area (Å²) in [6, 6.07) is 16.5. The fourth-order valence-electron chi connectivity index (χ4n) is 4.15. The maximum absolute atomic E-state index is 13.8. The fourth-order valence-corrected chi connectivity index (χ4v) is 5.23. The number of carbonyl (C=O) groups excluding carboxylic acids is 3. The van der Waals surface area contributed by atoms with Gasteiger partial charge in [0.25, 0.3) is 5.91 Å². The molecule has 0 unspecified atom stereocenters. The van der Waals surface area contributed by atoms with E-state index in [0.717, 1.165) is 22.6 Å². The van der Waals surface area contributed by atoms with Crippen molar-refractivity contribution in [3.05, 3.63) is 76.2 Å². The Labute approximate surface area is 237 Å². The molecule has 1 amide bonds. The molecular formula is C31H32N2O6S. The molecule has 2 heterocycles. The number of pyridine rings is 1. The second-order valence-electron chi connectivity index (χ2n) is 9.65. The molecule has 0 spiro atoms. The van der Waals surface area contributed by atoms with E-state index in [1.807, 2.05) is 55.5 Å². The van der Waals surface area contributed by atoms with Gasteiger partial charge in [-0.2, -0.15) is 0 Å². The number of nitrogens with zero attached hydrogens (tertiary/aromatic N) is 1. The lowest BCUT2D eigenvalue weighted by Gasteiger charge is -2.12. The van der Waals surface area contributed by atoms with Crippen LogP contribution in [0, 0.1) is 6.92 Å². The lowest BCUT2D eigenvalue weighted by molar-refractivity contribution is 0.0378. The second kappa shape index (κ2) is 12.3. The van der Waals surface area contributed by atoms with E-state index in [2.05, 4.69) is 5.32 Å². The lowest BCUT2D eigenvalue weighted by Crippen LogP contribution is -2.17. The minimum atomic E-state index is -0.627. The summed E-state index contributed by atoms with van der Waals surface area (Å²) in [6.07, 6.45) is -0.732. The van der Waals surface area contributed by atoms with Crippen LogP contribution in [0.2, 0.25) is 0 Å². The number of carbonyl (C=O) groups is 3. The van der Waals surface area contributed by atoms with E-state index in [4.69, 9.17) is 19.2 Å². The van der Waals surface area contributed by atoms with Crippen molar-refractivity contribution in [2.75, 3.05) is 11.9 Å². The largest absolute Gasteiger partial charge is 0.494 e. The number of para-hydroxylation sites is 1. The molecule has 0 aliphatic carbocycles. The number of fused-ring (bicyclic) bond motifs is 1. The van der Waals surface area contributed by atoms with E-state index in [0.29, 0.717) is 34.3 Å². The van der Waals surface area contributed by atoms with E-state index < -0.39 is 17.8 Å². The smallest absolute Gasteiger partial charge is 0.348 e. The highest BCUT2D eigenvalue weighted by Gasteiger charge is 2.29. The molecule has 0 saturated carbocycles.